The average molecular weight is 423 g/mol. The lowest BCUT2D eigenvalue weighted by atomic mass is 9.56. The second-order valence-corrected chi connectivity index (χ2v) is 10.2. The SMILES string of the molecule is CC1(C)CC(=O)C2(Cc3ccc(Cl)cc3N3CCN(c4ccccc4)CC32)C(=O)C1. The molecule has 1 aliphatic carbocycles. The summed E-state index contributed by atoms with van der Waals surface area (Å²) >= 11 is 6.33. The summed E-state index contributed by atoms with van der Waals surface area (Å²) in [5, 5.41) is 0.691. The number of para-hydroxylation sites is 1. The van der Waals surface area contributed by atoms with E-state index in [0.717, 1.165) is 30.0 Å². The van der Waals surface area contributed by atoms with Crippen LogP contribution in [0.5, 0.6) is 0 Å². The molecule has 1 spiro atoms. The van der Waals surface area contributed by atoms with Crippen LogP contribution in [0.1, 0.15) is 32.3 Å². The number of fused-ring (bicyclic) bond motifs is 4. The van der Waals surface area contributed by atoms with Gasteiger partial charge in [-0.25, -0.2) is 0 Å². The summed E-state index contributed by atoms with van der Waals surface area (Å²) < 4.78 is 0. The first-order valence-corrected chi connectivity index (χ1v) is 11.1. The zero-order chi connectivity index (χ0) is 21.1. The lowest BCUT2D eigenvalue weighted by molar-refractivity contribution is -0.150. The van der Waals surface area contributed by atoms with Crippen molar-refractivity contribution in [3.8, 4) is 0 Å². The minimum atomic E-state index is -0.968. The van der Waals surface area contributed by atoms with Crippen molar-refractivity contribution in [1.29, 1.82) is 0 Å². The van der Waals surface area contributed by atoms with Gasteiger partial charge < -0.3 is 9.80 Å². The van der Waals surface area contributed by atoms with E-state index in [1.54, 1.807) is 0 Å². The molecule has 1 unspecified atom stereocenters. The summed E-state index contributed by atoms with van der Waals surface area (Å²) in [6.45, 7) is 6.32. The summed E-state index contributed by atoms with van der Waals surface area (Å²) in [6, 6.07) is 16.0. The van der Waals surface area contributed by atoms with Gasteiger partial charge in [-0.15, -0.1) is 0 Å². The minimum Gasteiger partial charge on any atom is -0.368 e. The van der Waals surface area contributed by atoms with E-state index in [0.29, 0.717) is 30.8 Å². The van der Waals surface area contributed by atoms with Gasteiger partial charge in [0.25, 0.3) is 0 Å². The Bertz CT molecular complexity index is 997. The van der Waals surface area contributed by atoms with Crippen LogP contribution in [-0.2, 0) is 16.0 Å². The molecule has 1 saturated carbocycles. The van der Waals surface area contributed by atoms with Crippen LogP contribution in [0.25, 0.3) is 0 Å². The summed E-state index contributed by atoms with van der Waals surface area (Å²) in [4.78, 5) is 32.0. The van der Waals surface area contributed by atoms with Crippen molar-refractivity contribution in [3.63, 3.8) is 0 Å². The van der Waals surface area contributed by atoms with Gasteiger partial charge >= 0.3 is 0 Å². The lowest BCUT2D eigenvalue weighted by Gasteiger charge is -2.56. The van der Waals surface area contributed by atoms with E-state index in [9.17, 15) is 9.59 Å². The third kappa shape index (κ3) is 2.96. The maximum atomic E-state index is 13.7. The van der Waals surface area contributed by atoms with Crippen molar-refractivity contribution in [2.45, 2.75) is 39.2 Å². The predicted octanol–water partition coefficient (Wildman–Crippen LogP) is 4.54. The van der Waals surface area contributed by atoms with Crippen LogP contribution in [0.15, 0.2) is 48.5 Å². The minimum absolute atomic E-state index is 0.106. The van der Waals surface area contributed by atoms with Crippen molar-refractivity contribution >= 4 is 34.5 Å². The molecule has 0 bridgehead atoms. The molecule has 2 fully saturated rings. The van der Waals surface area contributed by atoms with Gasteiger partial charge in [0, 0.05) is 48.9 Å². The molecule has 2 aromatic rings. The topological polar surface area (TPSA) is 40.6 Å². The number of nitrogens with zero attached hydrogens (tertiary/aromatic N) is 2. The number of ketones is 2. The van der Waals surface area contributed by atoms with Gasteiger partial charge in [-0.1, -0.05) is 49.7 Å². The zero-order valence-electron chi connectivity index (χ0n) is 17.5. The fourth-order valence-electron chi connectivity index (χ4n) is 5.71. The van der Waals surface area contributed by atoms with E-state index in [1.165, 1.54) is 0 Å². The smallest absolute Gasteiger partial charge is 0.149 e. The van der Waals surface area contributed by atoms with Crippen LogP contribution in [0.2, 0.25) is 5.02 Å². The van der Waals surface area contributed by atoms with Gasteiger partial charge in [-0.05, 0) is 41.7 Å². The highest BCUT2D eigenvalue weighted by Gasteiger charge is 2.60. The lowest BCUT2D eigenvalue weighted by Crippen LogP contribution is -2.69. The standard InChI is InChI=1S/C25H27ClN2O2/c1-24(2)14-22(29)25(23(30)15-24)13-17-8-9-18(26)12-20(17)28-11-10-27(16-21(25)28)19-6-4-3-5-7-19/h3-9,12,21H,10-11,13-16H2,1-2H3. The second kappa shape index (κ2) is 6.84. The molecule has 4 nitrogen and oxygen atoms in total. The molecule has 2 aliphatic heterocycles. The molecular formula is C25H27ClN2O2. The molecule has 1 saturated heterocycles. The van der Waals surface area contributed by atoms with E-state index in [4.69, 9.17) is 11.6 Å². The van der Waals surface area contributed by atoms with E-state index >= 15 is 0 Å². The predicted molar refractivity (Wildman–Crippen MR) is 120 cm³/mol. The molecule has 30 heavy (non-hydrogen) atoms. The summed E-state index contributed by atoms with van der Waals surface area (Å²) in [5.74, 6) is 0.212. The number of rotatable bonds is 1. The third-order valence-corrected chi connectivity index (χ3v) is 7.41. The fourth-order valence-corrected chi connectivity index (χ4v) is 5.88. The molecule has 3 aliphatic rings. The first kappa shape index (κ1) is 19.6. The van der Waals surface area contributed by atoms with Crippen LogP contribution in [0.4, 0.5) is 11.4 Å². The fraction of sp³-hybridized carbons (Fsp3) is 0.440. The van der Waals surface area contributed by atoms with E-state index in [-0.39, 0.29) is 23.0 Å². The van der Waals surface area contributed by atoms with Gasteiger partial charge in [0.05, 0.1) is 6.04 Å². The highest BCUT2D eigenvalue weighted by atomic mass is 35.5. The van der Waals surface area contributed by atoms with Crippen LogP contribution in [0.3, 0.4) is 0 Å². The van der Waals surface area contributed by atoms with Crippen molar-refractivity contribution < 1.29 is 9.59 Å². The Morgan fingerprint density at radius 1 is 0.933 bits per heavy atom. The maximum Gasteiger partial charge on any atom is 0.149 e. The van der Waals surface area contributed by atoms with Crippen LogP contribution >= 0.6 is 11.6 Å². The number of carbonyl (C=O) groups is 2. The summed E-state index contributed by atoms with van der Waals surface area (Å²) in [7, 11) is 0. The molecule has 5 rings (SSSR count). The molecule has 2 heterocycles. The van der Waals surface area contributed by atoms with Gasteiger partial charge in [-0.2, -0.15) is 0 Å². The Labute approximate surface area is 182 Å². The molecule has 2 aromatic carbocycles. The molecule has 0 amide bonds. The largest absolute Gasteiger partial charge is 0.368 e. The van der Waals surface area contributed by atoms with Crippen LogP contribution in [0, 0.1) is 10.8 Å². The molecule has 1 atom stereocenters. The average Bonchev–Trinajstić information content (AvgIpc) is 2.72. The highest BCUT2D eigenvalue weighted by molar-refractivity contribution is 6.31. The van der Waals surface area contributed by atoms with Gasteiger partial charge in [0.2, 0.25) is 0 Å². The number of halogens is 1. The van der Waals surface area contributed by atoms with Crippen LogP contribution in [-0.4, -0.2) is 37.2 Å². The van der Waals surface area contributed by atoms with E-state index in [1.807, 2.05) is 50.2 Å². The molecule has 0 N–H and O–H groups in total. The third-order valence-electron chi connectivity index (χ3n) is 7.17. The highest BCUT2D eigenvalue weighted by Crippen LogP contribution is 2.51. The van der Waals surface area contributed by atoms with E-state index < -0.39 is 5.41 Å². The number of anilines is 2. The molecule has 0 radical (unpaired) electrons. The Kier molecular flexibility index (Phi) is 4.48. The van der Waals surface area contributed by atoms with Crippen molar-refractivity contribution in [2.75, 3.05) is 29.4 Å². The van der Waals surface area contributed by atoms with Crippen molar-refractivity contribution in [3.05, 3.63) is 59.1 Å². The molecule has 156 valence electrons. The van der Waals surface area contributed by atoms with Crippen molar-refractivity contribution in [2.24, 2.45) is 10.8 Å². The van der Waals surface area contributed by atoms with E-state index in [2.05, 4.69) is 21.9 Å². The van der Waals surface area contributed by atoms with Gasteiger partial charge in [-0.3, -0.25) is 9.59 Å². The number of hydrogen-bond donors (Lipinski definition) is 0. The quantitative estimate of drug-likeness (QED) is 0.633. The summed E-state index contributed by atoms with van der Waals surface area (Å²) in [5.41, 5.74) is 2.05. The zero-order valence-corrected chi connectivity index (χ0v) is 18.3. The summed E-state index contributed by atoms with van der Waals surface area (Å²) in [6.07, 6.45) is 1.39. The first-order chi connectivity index (χ1) is 14.3. The number of benzene rings is 2. The number of hydrogen-bond acceptors (Lipinski definition) is 4. The van der Waals surface area contributed by atoms with Gasteiger partial charge in [0.1, 0.15) is 17.0 Å². The maximum absolute atomic E-state index is 13.7. The Morgan fingerprint density at radius 2 is 1.63 bits per heavy atom. The Hall–Kier alpha value is -2.33. The van der Waals surface area contributed by atoms with Crippen LogP contribution < -0.4 is 9.80 Å². The van der Waals surface area contributed by atoms with Crippen molar-refractivity contribution in [1.82, 2.24) is 0 Å². The molecule has 0 aromatic heterocycles. The Balaban J connectivity index is 1.62. The second-order valence-electron chi connectivity index (χ2n) is 9.78. The normalized spacial score (nSPS) is 24.6. The number of piperazine rings is 1. The molecule has 5 heteroatoms. The number of Topliss-reactive ketones (excluding diaryl/α,β-unsaturated/α-hetero) is 2. The number of carbonyl (C=O) groups excluding carboxylic acids is 2. The monoisotopic (exact) mass is 422 g/mol. The van der Waals surface area contributed by atoms with Gasteiger partial charge in [0.15, 0.2) is 0 Å². The molecular weight excluding hydrogens is 396 g/mol. The Morgan fingerprint density at radius 3 is 2.33 bits per heavy atom. The first-order valence-electron chi connectivity index (χ1n) is 10.7.